The van der Waals surface area contributed by atoms with Gasteiger partial charge in [0.25, 0.3) is 0 Å². The molecule has 5 heteroatoms. The Bertz CT molecular complexity index is 503. The van der Waals surface area contributed by atoms with E-state index < -0.39 is 5.97 Å². The van der Waals surface area contributed by atoms with Gasteiger partial charge < -0.3 is 10.0 Å². The molecule has 0 radical (unpaired) electrons. The maximum absolute atomic E-state index is 11.0. The minimum atomic E-state index is -0.894. The van der Waals surface area contributed by atoms with Crippen LogP contribution in [-0.4, -0.2) is 47.7 Å². The fourth-order valence-corrected chi connectivity index (χ4v) is 3.14. The Kier molecular flexibility index (Phi) is 4.39. The SMILES string of the molecule is CC(C)(C)N1CCN(c2ccc(C(=O)O)cc2Br)CC1. The molecule has 0 saturated carbocycles. The average molecular weight is 341 g/mol. The summed E-state index contributed by atoms with van der Waals surface area (Å²) in [6.45, 7) is 10.7. The number of carboxylic acid groups (broad SMARTS) is 1. The minimum absolute atomic E-state index is 0.205. The fraction of sp³-hybridized carbons (Fsp3) is 0.533. The van der Waals surface area contributed by atoms with E-state index in [2.05, 4.69) is 46.5 Å². The van der Waals surface area contributed by atoms with E-state index in [1.165, 1.54) is 0 Å². The molecule has 110 valence electrons. The Morgan fingerprint density at radius 3 is 2.25 bits per heavy atom. The minimum Gasteiger partial charge on any atom is -0.478 e. The predicted molar refractivity (Wildman–Crippen MR) is 84.6 cm³/mol. The van der Waals surface area contributed by atoms with Gasteiger partial charge in [0, 0.05) is 36.2 Å². The Morgan fingerprint density at radius 2 is 1.80 bits per heavy atom. The fourth-order valence-electron chi connectivity index (χ4n) is 2.51. The van der Waals surface area contributed by atoms with Gasteiger partial charge in [-0.1, -0.05) is 0 Å². The standard InChI is InChI=1S/C15H21BrN2O2/c1-15(2,3)18-8-6-17(7-9-18)13-5-4-11(14(19)20)10-12(13)16/h4-5,10H,6-9H2,1-3H3,(H,19,20). The van der Waals surface area contributed by atoms with E-state index in [1.54, 1.807) is 12.1 Å². The van der Waals surface area contributed by atoms with E-state index in [0.717, 1.165) is 36.3 Å². The van der Waals surface area contributed by atoms with Crippen LogP contribution in [0.3, 0.4) is 0 Å². The zero-order chi connectivity index (χ0) is 14.9. The van der Waals surface area contributed by atoms with Crippen LogP contribution in [0.1, 0.15) is 31.1 Å². The first-order valence-electron chi connectivity index (χ1n) is 6.82. The lowest BCUT2D eigenvalue weighted by molar-refractivity contribution is 0.0697. The average Bonchev–Trinajstić information content (AvgIpc) is 2.37. The molecule has 1 heterocycles. The molecule has 0 atom stereocenters. The zero-order valence-corrected chi connectivity index (χ0v) is 13.8. The second-order valence-electron chi connectivity index (χ2n) is 6.12. The molecule has 1 saturated heterocycles. The molecule has 0 aromatic heterocycles. The number of hydrogen-bond donors (Lipinski definition) is 1. The molecule has 1 aliphatic rings. The van der Waals surface area contributed by atoms with Crippen molar-refractivity contribution in [3.05, 3.63) is 28.2 Å². The third-order valence-corrected chi connectivity index (χ3v) is 4.40. The van der Waals surface area contributed by atoms with Gasteiger partial charge in [-0.05, 0) is 54.9 Å². The summed E-state index contributed by atoms with van der Waals surface area (Å²) in [4.78, 5) is 15.7. The van der Waals surface area contributed by atoms with Crippen molar-refractivity contribution in [3.8, 4) is 0 Å². The van der Waals surface area contributed by atoms with Crippen LogP contribution in [0.15, 0.2) is 22.7 Å². The number of nitrogens with zero attached hydrogens (tertiary/aromatic N) is 2. The Labute approximate surface area is 128 Å². The van der Waals surface area contributed by atoms with Gasteiger partial charge in [0.1, 0.15) is 0 Å². The first-order chi connectivity index (χ1) is 9.29. The van der Waals surface area contributed by atoms with Gasteiger partial charge in [-0.3, -0.25) is 4.90 Å². The van der Waals surface area contributed by atoms with Crippen molar-refractivity contribution in [2.75, 3.05) is 31.1 Å². The molecule has 1 aromatic rings. The van der Waals surface area contributed by atoms with Crippen LogP contribution in [-0.2, 0) is 0 Å². The Hall–Kier alpha value is -1.07. The summed E-state index contributed by atoms with van der Waals surface area (Å²) in [5.41, 5.74) is 1.59. The molecule has 0 aliphatic carbocycles. The van der Waals surface area contributed by atoms with Crippen LogP contribution >= 0.6 is 15.9 Å². The van der Waals surface area contributed by atoms with Crippen LogP contribution in [0, 0.1) is 0 Å². The maximum Gasteiger partial charge on any atom is 0.335 e. The topological polar surface area (TPSA) is 43.8 Å². The van der Waals surface area contributed by atoms with Gasteiger partial charge in [-0.2, -0.15) is 0 Å². The first-order valence-corrected chi connectivity index (χ1v) is 7.61. The monoisotopic (exact) mass is 340 g/mol. The number of benzene rings is 1. The van der Waals surface area contributed by atoms with Crippen LogP contribution in [0.4, 0.5) is 5.69 Å². The quantitative estimate of drug-likeness (QED) is 0.898. The van der Waals surface area contributed by atoms with Crippen molar-refractivity contribution in [2.24, 2.45) is 0 Å². The number of aromatic carboxylic acids is 1. The normalized spacial score (nSPS) is 17.3. The number of rotatable bonds is 2. The van der Waals surface area contributed by atoms with Gasteiger partial charge >= 0.3 is 5.97 Å². The molecule has 1 fully saturated rings. The smallest absolute Gasteiger partial charge is 0.335 e. The number of piperazine rings is 1. The van der Waals surface area contributed by atoms with E-state index in [-0.39, 0.29) is 5.54 Å². The van der Waals surface area contributed by atoms with E-state index in [1.807, 2.05) is 6.07 Å². The summed E-state index contributed by atoms with van der Waals surface area (Å²) in [6.07, 6.45) is 0. The highest BCUT2D eigenvalue weighted by Gasteiger charge is 2.26. The third-order valence-electron chi connectivity index (χ3n) is 3.76. The van der Waals surface area contributed by atoms with Crippen LogP contribution < -0.4 is 4.90 Å². The molecule has 2 rings (SSSR count). The van der Waals surface area contributed by atoms with Gasteiger partial charge in [0.2, 0.25) is 0 Å². The van der Waals surface area contributed by atoms with Crippen molar-refractivity contribution < 1.29 is 9.90 Å². The van der Waals surface area contributed by atoms with E-state index in [0.29, 0.717) is 5.56 Å². The number of anilines is 1. The van der Waals surface area contributed by atoms with E-state index >= 15 is 0 Å². The number of carboxylic acids is 1. The summed E-state index contributed by atoms with van der Waals surface area (Å²) < 4.78 is 0.849. The highest BCUT2D eigenvalue weighted by Crippen LogP contribution is 2.29. The lowest BCUT2D eigenvalue weighted by Gasteiger charge is -2.43. The van der Waals surface area contributed by atoms with Gasteiger partial charge in [-0.15, -0.1) is 0 Å². The molecule has 1 aliphatic heterocycles. The molecule has 4 nitrogen and oxygen atoms in total. The number of hydrogen-bond acceptors (Lipinski definition) is 3. The number of carbonyl (C=O) groups is 1. The molecule has 0 unspecified atom stereocenters. The lowest BCUT2D eigenvalue weighted by Crippen LogP contribution is -2.53. The Balaban J connectivity index is 2.09. The predicted octanol–water partition coefficient (Wildman–Crippen LogP) is 3.07. The largest absolute Gasteiger partial charge is 0.478 e. The summed E-state index contributed by atoms with van der Waals surface area (Å²) in [5, 5.41) is 8.99. The van der Waals surface area contributed by atoms with Gasteiger partial charge in [-0.25, -0.2) is 4.79 Å². The second kappa shape index (κ2) is 5.74. The van der Waals surface area contributed by atoms with Crippen LogP contribution in [0.5, 0.6) is 0 Å². The van der Waals surface area contributed by atoms with Crippen molar-refractivity contribution in [1.82, 2.24) is 4.90 Å². The summed E-state index contributed by atoms with van der Waals surface area (Å²) >= 11 is 3.49. The zero-order valence-electron chi connectivity index (χ0n) is 12.2. The molecule has 0 spiro atoms. The molecule has 20 heavy (non-hydrogen) atoms. The Morgan fingerprint density at radius 1 is 1.20 bits per heavy atom. The van der Waals surface area contributed by atoms with E-state index in [9.17, 15) is 4.79 Å². The van der Waals surface area contributed by atoms with Crippen molar-refractivity contribution >= 4 is 27.6 Å². The number of halogens is 1. The molecule has 0 bridgehead atoms. The molecule has 0 amide bonds. The molecule has 1 aromatic carbocycles. The molecular formula is C15H21BrN2O2. The lowest BCUT2D eigenvalue weighted by atomic mass is 10.0. The van der Waals surface area contributed by atoms with Crippen LogP contribution in [0.2, 0.25) is 0 Å². The van der Waals surface area contributed by atoms with Gasteiger partial charge in [0.15, 0.2) is 0 Å². The highest BCUT2D eigenvalue weighted by atomic mass is 79.9. The summed E-state index contributed by atoms with van der Waals surface area (Å²) in [5.74, 6) is -0.894. The second-order valence-corrected chi connectivity index (χ2v) is 6.97. The first kappa shape index (κ1) is 15.3. The summed E-state index contributed by atoms with van der Waals surface area (Å²) in [7, 11) is 0. The van der Waals surface area contributed by atoms with Crippen molar-refractivity contribution in [1.29, 1.82) is 0 Å². The molecular weight excluding hydrogens is 320 g/mol. The van der Waals surface area contributed by atoms with Crippen molar-refractivity contribution in [3.63, 3.8) is 0 Å². The highest BCUT2D eigenvalue weighted by molar-refractivity contribution is 9.10. The third kappa shape index (κ3) is 3.33. The maximum atomic E-state index is 11.0. The van der Waals surface area contributed by atoms with Crippen molar-refractivity contribution in [2.45, 2.75) is 26.3 Å². The van der Waals surface area contributed by atoms with E-state index in [4.69, 9.17) is 5.11 Å². The van der Waals surface area contributed by atoms with Gasteiger partial charge in [0.05, 0.1) is 11.3 Å². The molecule has 1 N–H and O–H groups in total. The summed E-state index contributed by atoms with van der Waals surface area (Å²) in [6, 6.07) is 5.23. The van der Waals surface area contributed by atoms with Crippen LogP contribution in [0.25, 0.3) is 0 Å².